The first-order chi connectivity index (χ1) is 9.94. The molecule has 1 aliphatic heterocycles. The molecule has 0 bridgehead atoms. The minimum atomic E-state index is -3.18. The van der Waals surface area contributed by atoms with E-state index < -0.39 is 9.84 Å². The lowest BCUT2D eigenvalue weighted by Crippen LogP contribution is -2.52. The van der Waals surface area contributed by atoms with Gasteiger partial charge < -0.3 is 10.2 Å². The second-order valence-corrected chi connectivity index (χ2v) is 7.64. The van der Waals surface area contributed by atoms with Crippen LogP contribution in [0.5, 0.6) is 0 Å². The topological polar surface area (TPSA) is 66.5 Å². The number of rotatable bonds is 4. The van der Waals surface area contributed by atoms with E-state index in [4.69, 9.17) is 0 Å². The lowest BCUT2D eigenvalue weighted by molar-refractivity contribution is -0.133. The summed E-state index contributed by atoms with van der Waals surface area (Å²) in [6.07, 6.45) is 0.316. The van der Waals surface area contributed by atoms with Gasteiger partial charge in [-0.1, -0.05) is 19.1 Å². The number of carbonyl (C=O) groups excluding carboxylic acids is 1. The molecule has 0 unspecified atom stereocenters. The summed E-state index contributed by atoms with van der Waals surface area (Å²) in [5.41, 5.74) is 0.848. The molecule has 22 heavy (non-hydrogen) atoms. The Morgan fingerprint density at radius 2 is 1.95 bits per heavy atom. The number of halogens is 1. The van der Waals surface area contributed by atoms with Crippen molar-refractivity contribution in [1.29, 1.82) is 0 Å². The lowest BCUT2D eigenvalue weighted by atomic mass is 10.1. The van der Waals surface area contributed by atoms with Gasteiger partial charge >= 0.3 is 0 Å². The number of sulfone groups is 1. The molecule has 2 rings (SSSR count). The van der Waals surface area contributed by atoms with E-state index in [1.165, 1.54) is 0 Å². The maximum Gasteiger partial charge on any atom is 0.227 e. The molecule has 0 aliphatic carbocycles. The highest BCUT2D eigenvalue weighted by Crippen LogP contribution is 2.14. The maximum absolute atomic E-state index is 12.3. The third kappa shape index (κ3) is 4.44. The number of piperazine rings is 1. The molecule has 0 spiro atoms. The molecule has 1 aromatic carbocycles. The fourth-order valence-electron chi connectivity index (χ4n) is 2.47. The Morgan fingerprint density at radius 3 is 2.50 bits per heavy atom. The first-order valence-electron chi connectivity index (χ1n) is 7.26. The van der Waals surface area contributed by atoms with Crippen LogP contribution in [0.2, 0.25) is 0 Å². The van der Waals surface area contributed by atoms with Crippen molar-refractivity contribution in [2.75, 3.05) is 25.4 Å². The first-order valence-corrected chi connectivity index (χ1v) is 8.91. The van der Waals surface area contributed by atoms with Crippen molar-refractivity contribution in [3.05, 3.63) is 29.8 Å². The van der Waals surface area contributed by atoms with Gasteiger partial charge in [-0.05, 0) is 24.6 Å². The van der Waals surface area contributed by atoms with Crippen LogP contribution in [-0.4, -0.2) is 50.7 Å². The third-order valence-corrected chi connectivity index (χ3v) is 5.59. The minimum absolute atomic E-state index is 0. The van der Waals surface area contributed by atoms with Crippen LogP contribution in [0.4, 0.5) is 0 Å². The molecule has 7 heteroatoms. The van der Waals surface area contributed by atoms with Gasteiger partial charge in [-0.15, -0.1) is 12.4 Å². The summed E-state index contributed by atoms with van der Waals surface area (Å²) in [5, 5.41) is 3.25. The standard InChI is InChI=1S/C15H22N2O3S.ClH/c1-3-21(19,20)14-6-4-13(5-7-14)10-15(18)17-9-8-16-11-12(17)2;/h4-7,12,16H,3,8-11H2,1-2H3;1H/t12-;/m1./s1. The van der Waals surface area contributed by atoms with Crippen LogP contribution in [0.3, 0.4) is 0 Å². The molecular formula is C15H23ClN2O3S. The summed E-state index contributed by atoms with van der Waals surface area (Å²) in [6.45, 7) is 6.02. The van der Waals surface area contributed by atoms with Gasteiger partial charge in [0.1, 0.15) is 0 Å². The van der Waals surface area contributed by atoms with Crippen molar-refractivity contribution >= 4 is 28.2 Å². The van der Waals surface area contributed by atoms with E-state index in [9.17, 15) is 13.2 Å². The first kappa shape index (κ1) is 18.9. The van der Waals surface area contributed by atoms with Crippen molar-refractivity contribution in [3.8, 4) is 0 Å². The number of carbonyl (C=O) groups is 1. The van der Waals surface area contributed by atoms with Gasteiger partial charge in [-0.25, -0.2) is 8.42 Å². The molecule has 0 saturated carbocycles. The van der Waals surface area contributed by atoms with E-state index in [0.29, 0.717) is 11.3 Å². The highest BCUT2D eigenvalue weighted by Gasteiger charge is 2.22. The highest BCUT2D eigenvalue weighted by molar-refractivity contribution is 7.91. The van der Waals surface area contributed by atoms with E-state index in [0.717, 1.165) is 25.2 Å². The zero-order valence-electron chi connectivity index (χ0n) is 12.9. The molecule has 1 aliphatic rings. The Hall–Kier alpha value is -1.11. The second kappa shape index (κ2) is 7.94. The summed E-state index contributed by atoms with van der Waals surface area (Å²) in [4.78, 5) is 14.5. The summed E-state index contributed by atoms with van der Waals surface area (Å²) in [6, 6.07) is 6.83. The fourth-order valence-corrected chi connectivity index (χ4v) is 3.35. The highest BCUT2D eigenvalue weighted by atomic mass is 35.5. The van der Waals surface area contributed by atoms with E-state index in [1.807, 2.05) is 11.8 Å². The molecule has 1 N–H and O–H groups in total. The van der Waals surface area contributed by atoms with Crippen LogP contribution >= 0.6 is 12.4 Å². The maximum atomic E-state index is 12.3. The summed E-state index contributed by atoms with van der Waals surface area (Å²) in [7, 11) is -3.18. The summed E-state index contributed by atoms with van der Waals surface area (Å²) in [5.74, 6) is 0.180. The summed E-state index contributed by atoms with van der Waals surface area (Å²) >= 11 is 0. The number of hydrogen-bond donors (Lipinski definition) is 1. The van der Waals surface area contributed by atoms with Crippen LogP contribution in [0.25, 0.3) is 0 Å². The van der Waals surface area contributed by atoms with Gasteiger partial charge in [0.15, 0.2) is 9.84 Å². The molecule has 1 fully saturated rings. The van der Waals surface area contributed by atoms with E-state index >= 15 is 0 Å². The largest absolute Gasteiger partial charge is 0.337 e. The Balaban J connectivity index is 0.00000242. The molecule has 124 valence electrons. The van der Waals surface area contributed by atoms with Crippen LogP contribution in [0.1, 0.15) is 19.4 Å². The fraction of sp³-hybridized carbons (Fsp3) is 0.533. The van der Waals surface area contributed by atoms with Crippen molar-refractivity contribution in [3.63, 3.8) is 0 Å². The van der Waals surface area contributed by atoms with Crippen molar-refractivity contribution < 1.29 is 13.2 Å². The molecule has 5 nitrogen and oxygen atoms in total. The summed E-state index contributed by atoms with van der Waals surface area (Å²) < 4.78 is 23.5. The van der Waals surface area contributed by atoms with Crippen LogP contribution in [0, 0.1) is 0 Å². The van der Waals surface area contributed by atoms with Gasteiger partial charge in [0.25, 0.3) is 0 Å². The quantitative estimate of drug-likeness (QED) is 0.891. The SMILES string of the molecule is CCS(=O)(=O)c1ccc(CC(=O)N2CCNC[C@H]2C)cc1.Cl. The number of nitrogens with zero attached hydrogens (tertiary/aromatic N) is 1. The molecule has 0 radical (unpaired) electrons. The zero-order chi connectivity index (χ0) is 15.5. The molecule has 1 aromatic rings. The lowest BCUT2D eigenvalue weighted by Gasteiger charge is -2.34. The van der Waals surface area contributed by atoms with Gasteiger partial charge in [-0.3, -0.25) is 4.79 Å². The van der Waals surface area contributed by atoms with Crippen LogP contribution < -0.4 is 5.32 Å². The number of amides is 1. The van der Waals surface area contributed by atoms with Crippen LogP contribution in [-0.2, 0) is 21.1 Å². The third-order valence-electron chi connectivity index (χ3n) is 3.84. The minimum Gasteiger partial charge on any atom is -0.337 e. The second-order valence-electron chi connectivity index (χ2n) is 5.36. The van der Waals surface area contributed by atoms with Crippen molar-refractivity contribution in [1.82, 2.24) is 10.2 Å². The van der Waals surface area contributed by atoms with Crippen LogP contribution in [0.15, 0.2) is 29.2 Å². The predicted molar refractivity (Wildman–Crippen MR) is 89.2 cm³/mol. The average Bonchev–Trinajstić information content (AvgIpc) is 2.48. The Morgan fingerprint density at radius 1 is 1.32 bits per heavy atom. The zero-order valence-corrected chi connectivity index (χ0v) is 14.5. The Bertz CT molecular complexity index is 602. The van der Waals surface area contributed by atoms with Gasteiger partial charge in [0.05, 0.1) is 17.1 Å². The number of hydrogen-bond acceptors (Lipinski definition) is 4. The molecule has 1 heterocycles. The Kier molecular flexibility index (Phi) is 6.84. The van der Waals surface area contributed by atoms with Crippen molar-refractivity contribution in [2.45, 2.75) is 31.2 Å². The molecule has 1 saturated heterocycles. The predicted octanol–water partition coefficient (Wildman–Crippen LogP) is 1.26. The molecule has 1 atom stereocenters. The Labute approximate surface area is 138 Å². The van der Waals surface area contributed by atoms with Gasteiger partial charge in [-0.2, -0.15) is 0 Å². The smallest absolute Gasteiger partial charge is 0.227 e. The van der Waals surface area contributed by atoms with Crippen molar-refractivity contribution in [2.24, 2.45) is 0 Å². The monoisotopic (exact) mass is 346 g/mol. The number of nitrogens with one attached hydrogen (secondary N) is 1. The van der Waals surface area contributed by atoms with E-state index in [1.54, 1.807) is 31.2 Å². The average molecular weight is 347 g/mol. The van der Waals surface area contributed by atoms with Gasteiger partial charge in [0, 0.05) is 25.7 Å². The normalized spacial score (nSPS) is 18.6. The van der Waals surface area contributed by atoms with Gasteiger partial charge in [0.2, 0.25) is 5.91 Å². The molecule has 1 amide bonds. The molecular weight excluding hydrogens is 324 g/mol. The number of benzene rings is 1. The van der Waals surface area contributed by atoms with E-state index in [-0.39, 0.29) is 30.1 Å². The van der Waals surface area contributed by atoms with E-state index in [2.05, 4.69) is 5.32 Å². The molecule has 0 aromatic heterocycles.